The van der Waals surface area contributed by atoms with Crippen LogP contribution in [0.1, 0.15) is 12.2 Å². The lowest BCUT2D eigenvalue weighted by atomic mass is 9.98. The molecule has 1 aliphatic rings. The van der Waals surface area contributed by atoms with Crippen LogP contribution in [0.25, 0.3) is 11.4 Å². The van der Waals surface area contributed by atoms with Crippen LogP contribution < -0.4 is 4.74 Å². The van der Waals surface area contributed by atoms with Crippen molar-refractivity contribution in [2.45, 2.75) is 19.4 Å². The van der Waals surface area contributed by atoms with Gasteiger partial charge in [0, 0.05) is 13.0 Å². The fourth-order valence-corrected chi connectivity index (χ4v) is 2.57. The summed E-state index contributed by atoms with van der Waals surface area (Å²) in [5.41, 5.74) is 0.877. The standard InChI is InChI=1S/C14H15N3O3/c1-20-11-5-3-2-4-10(11)13-16-15-12-8-9(14(18)19)6-7-17(12)13/h2-5,9H,6-8H2,1H3,(H,18,19). The van der Waals surface area contributed by atoms with E-state index >= 15 is 0 Å². The van der Waals surface area contributed by atoms with Gasteiger partial charge in [-0.3, -0.25) is 4.79 Å². The molecule has 1 atom stereocenters. The van der Waals surface area contributed by atoms with E-state index in [-0.39, 0.29) is 5.92 Å². The summed E-state index contributed by atoms with van der Waals surface area (Å²) in [7, 11) is 1.62. The Balaban J connectivity index is 2.00. The van der Waals surface area contributed by atoms with Gasteiger partial charge in [-0.25, -0.2) is 0 Å². The highest BCUT2D eigenvalue weighted by Gasteiger charge is 2.28. The molecule has 104 valence electrons. The van der Waals surface area contributed by atoms with Crippen LogP contribution in [0.5, 0.6) is 5.75 Å². The second-order valence-electron chi connectivity index (χ2n) is 4.82. The number of rotatable bonds is 3. The molecule has 1 aromatic heterocycles. The van der Waals surface area contributed by atoms with Crippen LogP contribution in [0.2, 0.25) is 0 Å². The smallest absolute Gasteiger partial charge is 0.307 e. The van der Waals surface area contributed by atoms with Crippen LogP contribution in [-0.4, -0.2) is 33.0 Å². The van der Waals surface area contributed by atoms with Crippen LogP contribution in [0.3, 0.4) is 0 Å². The van der Waals surface area contributed by atoms with E-state index in [1.54, 1.807) is 7.11 Å². The van der Waals surface area contributed by atoms with Gasteiger partial charge in [0.25, 0.3) is 0 Å². The highest BCUT2D eigenvalue weighted by Crippen LogP contribution is 2.31. The molecular formula is C14H15N3O3. The van der Waals surface area contributed by atoms with Gasteiger partial charge in [0.1, 0.15) is 11.6 Å². The summed E-state index contributed by atoms with van der Waals surface area (Å²) >= 11 is 0. The number of ether oxygens (including phenoxy) is 1. The zero-order valence-corrected chi connectivity index (χ0v) is 11.1. The lowest BCUT2D eigenvalue weighted by Gasteiger charge is -2.20. The van der Waals surface area contributed by atoms with Crippen molar-refractivity contribution >= 4 is 5.97 Å². The maximum absolute atomic E-state index is 11.1. The average Bonchev–Trinajstić information content (AvgIpc) is 2.89. The molecule has 0 saturated heterocycles. The van der Waals surface area contributed by atoms with Crippen LogP contribution in [0.4, 0.5) is 0 Å². The van der Waals surface area contributed by atoms with E-state index in [1.165, 1.54) is 0 Å². The van der Waals surface area contributed by atoms with Crippen molar-refractivity contribution in [1.29, 1.82) is 0 Å². The molecule has 2 heterocycles. The number of carboxylic acids is 1. The van der Waals surface area contributed by atoms with Crippen molar-refractivity contribution in [3.63, 3.8) is 0 Å². The van der Waals surface area contributed by atoms with E-state index < -0.39 is 5.97 Å². The quantitative estimate of drug-likeness (QED) is 0.919. The number of aromatic nitrogens is 3. The van der Waals surface area contributed by atoms with Gasteiger partial charge in [-0.2, -0.15) is 0 Å². The van der Waals surface area contributed by atoms with E-state index in [0.717, 1.165) is 23.0 Å². The van der Waals surface area contributed by atoms with Gasteiger partial charge in [-0.05, 0) is 18.6 Å². The largest absolute Gasteiger partial charge is 0.496 e. The SMILES string of the molecule is COc1ccccc1-c1nnc2n1CCC(C(=O)O)C2. The minimum absolute atomic E-state index is 0.364. The predicted molar refractivity (Wildman–Crippen MR) is 71.5 cm³/mol. The predicted octanol–water partition coefficient (Wildman–Crippen LogP) is 1.60. The number of fused-ring (bicyclic) bond motifs is 1. The zero-order chi connectivity index (χ0) is 14.1. The van der Waals surface area contributed by atoms with Gasteiger partial charge in [0.05, 0.1) is 18.6 Å². The first-order valence-electron chi connectivity index (χ1n) is 6.49. The molecule has 6 heteroatoms. The normalized spacial score (nSPS) is 17.6. The maximum atomic E-state index is 11.1. The minimum atomic E-state index is -0.766. The number of aliphatic carboxylic acids is 1. The third kappa shape index (κ3) is 2.03. The topological polar surface area (TPSA) is 77.2 Å². The Morgan fingerprint density at radius 2 is 2.20 bits per heavy atom. The number of carboxylic acid groups (broad SMARTS) is 1. The van der Waals surface area contributed by atoms with Crippen molar-refractivity contribution in [1.82, 2.24) is 14.8 Å². The number of hydrogen-bond donors (Lipinski definition) is 1. The van der Waals surface area contributed by atoms with Gasteiger partial charge in [-0.1, -0.05) is 12.1 Å². The molecule has 0 saturated carbocycles. The first-order chi connectivity index (χ1) is 9.70. The molecule has 0 bridgehead atoms. The summed E-state index contributed by atoms with van der Waals surface area (Å²) in [5.74, 6) is 1.07. The van der Waals surface area contributed by atoms with Crippen molar-refractivity contribution < 1.29 is 14.6 Å². The monoisotopic (exact) mass is 273 g/mol. The number of carbonyl (C=O) groups is 1. The summed E-state index contributed by atoms with van der Waals surface area (Å²) in [5, 5.41) is 17.4. The maximum Gasteiger partial charge on any atom is 0.307 e. The molecular weight excluding hydrogens is 258 g/mol. The van der Waals surface area contributed by atoms with Crippen molar-refractivity contribution in [3.8, 4) is 17.1 Å². The Kier molecular flexibility index (Phi) is 3.14. The first-order valence-corrected chi connectivity index (χ1v) is 6.49. The Labute approximate surface area is 116 Å². The molecule has 3 rings (SSSR count). The molecule has 0 amide bonds. The molecule has 1 N–H and O–H groups in total. The van der Waals surface area contributed by atoms with Crippen LogP contribution >= 0.6 is 0 Å². The molecule has 20 heavy (non-hydrogen) atoms. The Bertz CT molecular complexity index is 651. The second-order valence-corrected chi connectivity index (χ2v) is 4.82. The van der Waals surface area contributed by atoms with Gasteiger partial charge in [-0.15, -0.1) is 10.2 Å². The van der Waals surface area contributed by atoms with Gasteiger partial charge < -0.3 is 14.4 Å². The fraction of sp³-hybridized carbons (Fsp3) is 0.357. The minimum Gasteiger partial charge on any atom is -0.496 e. The third-order valence-electron chi connectivity index (χ3n) is 3.65. The highest BCUT2D eigenvalue weighted by molar-refractivity contribution is 5.70. The number of benzene rings is 1. The molecule has 6 nitrogen and oxygen atoms in total. The number of methoxy groups -OCH3 is 1. The molecule has 1 aliphatic heterocycles. The van der Waals surface area contributed by atoms with Crippen molar-refractivity contribution in [3.05, 3.63) is 30.1 Å². The number of nitrogens with zero attached hydrogens (tertiary/aromatic N) is 3. The molecule has 2 aromatic rings. The summed E-state index contributed by atoms with van der Waals surface area (Å²) < 4.78 is 7.33. The Hall–Kier alpha value is -2.37. The summed E-state index contributed by atoms with van der Waals surface area (Å²) in [6, 6.07) is 7.62. The van der Waals surface area contributed by atoms with Crippen molar-refractivity contribution in [2.24, 2.45) is 5.92 Å². The van der Waals surface area contributed by atoms with E-state index in [0.29, 0.717) is 19.4 Å². The molecule has 0 radical (unpaired) electrons. The number of hydrogen-bond acceptors (Lipinski definition) is 4. The van der Waals surface area contributed by atoms with Crippen LogP contribution in [0.15, 0.2) is 24.3 Å². The van der Waals surface area contributed by atoms with Gasteiger partial charge in [0.15, 0.2) is 5.82 Å². The first kappa shape index (κ1) is 12.7. The lowest BCUT2D eigenvalue weighted by Crippen LogP contribution is -2.26. The van der Waals surface area contributed by atoms with E-state index in [2.05, 4.69) is 10.2 Å². The van der Waals surface area contributed by atoms with Gasteiger partial charge in [0.2, 0.25) is 0 Å². The summed E-state index contributed by atoms with van der Waals surface area (Å²) in [4.78, 5) is 11.1. The van der Waals surface area contributed by atoms with Crippen LogP contribution in [-0.2, 0) is 17.8 Å². The molecule has 0 spiro atoms. The molecule has 1 aromatic carbocycles. The Morgan fingerprint density at radius 3 is 2.95 bits per heavy atom. The average molecular weight is 273 g/mol. The zero-order valence-electron chi connectivity index (χ0n) is 11.1. The number of para-hydroxylation sites is 1. The van der Waals surface area contributed by atoms with E-state index in [4.69, 9.17) is 9.84 Å². The Morgan fingerprint density at radius 1 is 1.40 bits per heavy atom. The molecule has 0 aliphatic carbocycles. The molecule has 1 unspecified atom stereocenters. The second kappa shape index (κ2) is 4.96. The van der Waals surface area contributed by atoms with Crippen molar-refractivity contribution in [2.75, 3.05) is 7.11 Å². The van der Waals surface area contributed by atoms with E-state index in [1.807, 2.05) is 28.8 Å². The third-order valence-corrected chi connectivity index (χ3v) is 3.65. The fourth-order valence-electron chi connectivity index (χ4n) is 2.57. The summed E-state index contributed by atoms with van der Waals surface area (Å²) in [6.07, 6.45) is 1.03. The van der Waals surface area contributed by atoms with Gasteiger partial charge >= 0.3 is 5.97 Å². The lowest BCUT2D eigenvalue weighted by molar-refractivity contribution is -0.142. The highest BCUT2D eigenvalue weighted by atomic mass is 16.5. The van der Waals surface area contributed by atoms with Crippen LogP contribution in [0, 0.1) is 5.92 Å². The molecule has 0 fully saturated rings. The summed E-state index contributed by atoms with van der Waals surface area (Å²) in [6.45, 7) is 0.618. The van der Waals surface area contributed by atoms with E-state index in [9.17, 15) is 4.79 Å².